The molecular weight excluding hydrogens is 260 g/mol. The summed E-state index contributed by atoms with van der Waals surface area (Å²) in [5.74, 6) is 3.14. The lowest BCUT2D eigenvalue weighted by Gasteiger charge is -2.57. The minimum absolute atomic E-state index is 0.0481. The molecule has 5 aliphatic rings. The quantitative estimate of drug-likeness (QED) is 0.863. The Morgan fingerprint density at radius 2 is 1.76 bits per heavy atom. The molecule has 3 nitrogen and oxygen atoms in total. The molecule has 0 spiro atoms. The minimum atomic E-state index is 0.0481. The van der Waals surface area contributed by atoms with Crippen LogP contribution in [-0.2, 0) is 4.79 Å². The molecular formula is C18H30N2O. The first-order valence-electron chi connectivity index (χ1n) is 9.22. The summed E-state index contributed by atoms with van der Waals surface area (Å²) >= 11 is 0. The van der Waals surface area contributed by atoms with Gasteiger partial charge < -0.3 is 10.2 Å². The third-order valence-corrected chi connectivity index (χ3v) is 6.69. The minimum Gasteiger partial charge on any atom is -0.338 e. The van der Waals surface area contributed by atoms with Gasteiger partial charge in [-0.15, -0.1) is 0 Å². The molecule has 1 amide bonds. The number of rotatable bonds is 4. The van der Waals surface area contributed by atoms with Gasteiger partial charge in [-0.1, -0.05) is 6.92 Å². The molecule has 5 fully saturated rings. The summed E-state index contributed by atoms with van der Waals surface area (Å²) < 4.78 is 0. The summed E-state index contributed by atoms with van der Waals surface area (Å²) in [6.07, 6.45) is 10.1. The molecule has 1 unspecified atom stereocenters. The smallest absolute Gasteiger partial charge is 0.229 e. The van der Waals surface area contributed by atoms with E-state index in [0.29, 0.717) is 11.9 Å². The molecule has 0 radical (unpaired) electrons. The third-order valence-electron chi connectivity index (χ3n) is 6.69. The molecule has 4 aliphatic carbocycles. The van der Waals surface area contributed by atoms with Gasteiger partial charge in [-0.25, -0.2) is 0 Å². The Balaban J connectivity index is 1.57. The van der Waals surface area contributed by atoms with Crippen molar-refractivity contribution in [2.24, 2.45) is 23.2 Å². The molecule has 5 rings (SSSR count). The first-order chi connectivity index (χ1) is 10.2. The van der Waals surface area contributed by atoms with Gasteiger partial charge >= 0.3 is 0 Å². The SMILES string of the molecule is CCCN(C(=O)C12CC3CC(CC(C3)C1)C2)C1CCNC1. The number of carbonyl (C=O) groups is 1. The Hall–Kier alpha value is -0.570. The molecule has 4 saturated carbocycles. The first kappa shape index (κ1) is 14.0. The van der Waals surface area contributed by atoms with Crippen LogP contribution in [0.15, 0.2) is 0 Å². The molecule has 118 valence electrons. The van der Waals surface area contributed by atoms with Crippen LogP contribution in [0, 0.1) is 23.2 Å². The van der Waals surface area contributed by atoms with Crippen molar-refractivity contribution < 1.29 is 4.79 Å². The maximum atomic E-state index is 13.5. The van der Waals surface area contributed by atoms with E-state index in [9.17, 15) is 4.79 Å². The summed E-state index contributed by atoms with van der Waals surface area (Å²) in [6.45, 7) is 5.27. The van der Waals surface area contributed by atoms with Crippen molar-refractivity contribution in [2.45, 2.75) is 64.3 Å². The molecule has 0 aromatic rings. The van der Waals surface area contributed by atoms with E-state index in [1.807, 2.05) is 0 Å². The Kier molecular flexibility index (Phi) is 3.52. The highest BCUT2D eigenvalue weighted by molar-refractivity contribution is 5.83. The fourth-order valence-electron chi connectivity index (χ4n) is 6.27. The van der Waals surface area contributed by atoms with E-state index in [0.717, 1.165) is 50.2 Å². The van der Waals surface area contributed by atoms with Crippen LogP contribution in [0.4, 0.5) is 0 Å². The van der Waals surface area contributed by atoms with Crippen LogP contribution in [0.25, 0.3) is 0 Å². The van der Waals surface area contributed by atoms with Crippen LogP contribution >= 0.6 is 0 Å². The molecule has 1 heterocycles. The normalized spacial score (nSPS) is 44.2. The number of carbonyl (C=O) groups excluding carboxylic acids is 1. The summed E-state index contributed by atoms with van der Waals surface area (Å²) in [6, 6.07) is 0.463. The second-order valence-corrected chi connectivity index (χ2v) is 8.34. The Morgan fingerprint density at radius 1 is 1.14 bits per heavy atom. The fraction of sp³-hybridized carbons (Fsp3) is 0.944. The van der Waals surface area contributed by atoms with Crippen molar-refractivity contribution in [1.82, 2.24) is 10.2 Å². The van der Waals surface area contributed by atoms with Crippen molar-refractivity contribution in [3.05, 3.63) is 0 Å². The predicted molar refractivity (Wildman–Crippen MR) is 83.9 cm³/mol. The van der Waals surface area contributed by atoms with E-state index in [2.05, 4.69) is 17.1 Å². The Morgan fingerprint density at radius 3 is 2.24 bits per heavy atom. The van der Waals surface area contributed by atoms with Gasteiger partial charge in [0.2, 0.25) is 5.91 Å². The number of hydrogen-bond acceptors (Lipinski definition) is 2. The van der Waals surface area contributed by atoms with Gasteiger partial charge in [0, 0.05) is 19.1 Å². The lowest BCUT2D eigenvalue weighted by molar-refractivity contribution is -0.159. The van der Waals surface area contributed by atoms with Crippen molar-refractivity contribution in [3.8, 4) is 0 Å². The van der Waals surface area contributed by atoms with E-state index in [-0.39, 0.29) is 5.41 Å². The fourth-order valence-corrected chi connectivity index (χ4v) is 6.27. The van der Waals surface area contributed by atoms with Crippen molar-refractivity contribution in [2.75, 3.05) is 19.6 Å². The summed E-state index contributed by atoms with van der Waals surface area (Å²) in [7, 11) is 0. The van der Waals surface area contributed by atoms with Crippen molar-refractivity contribution in [3.63, 3.8) is 0 Å². The maximum Gasteiger partial charge on any atom is 0.229 e. The highest BCUT2D eigenvalue weighted by Gasteiger charge is 2.56. The first-order valence-corrected chi connectivity index (χ1v) is 9.22. The van der Waals surface area contributed by atoms with Gasteiger partial charge in [-0.3, -0.25) is 4.79 Å². The predicted octanol–water partition coefficient (Wildman–Crippen LogP) is 2.80. The monoisotopic (exact) mass is 290 g/mol. The van der Waals surface area contributed by atoms with Gasteiger partial charge in [0.25, 0.3) is 0 Å². The van der Waals surface area contributed by atoms with Crippen LogP contribution in [-0.4, -0.2) is 36.5 Å². The van der Waals surface area contributed by atoms with Crippen LogP contribution in [0.1, 0.15) is 58.3 Å². The topological polar surface area (TPSA) is 32.3 Å². The van der Waals surface area contributed by atoms with E-state index in [1.54, 1.807) is 0 Å². The molecule has 0 aromatic heterocycles. The standard InChI is InChI=1S/C18H30N2O/c1-2-5-20(16-3-4-19-12-16)17(21)18-9-13-6-14(10-18)8-15(7-13)11-18/h13-16,19H,2-12H2,1H3. The molecule has 3 heteroatoms. The molecule has 1 N–H and O–H groups in total. The van der Waals surface area contributed by atoms with Gasteiger partial charge in [0.15, 0.2) is 0 Å². The lowest BCUT2D eigenvalue weighted by Crippen LogP contribution is -2.57. The molecule has 4 bridgehead atoms. The van der Waals surface area contributed by atoms with E-state index < -0.39 is 0 Å². The zero-order valence-electron chi connectivity index (χ0n) is 13.4. The number of nitrogens with zero attached hydrogens (tertiary/aromatic N) is 1. The van der Waals surface area contributed by atoms with E-state index in [1.165, 1.54) is 38.5 Å². The molecule has 1 atom stereocenters. The highest BCUT2D eigenvalue weighted by atomic mass is 16.2. The lowest BCUT2D eigenvalue weighted by atomic mass is 9.49. The van der Waals surface area contributed by atoms with Crippen molar-refractivity contribution in [1.29, 1.82) is 0 Å². The average Bonchev–Trinajstić information content (AvgIpc) is 2.96. The van der Waals surface area contributed by atoms with Gasteiger partial charge in [-0.05, 0) is 75.7 Å². The van der Waals surface area contributed by atoms with Gasteiger partial charge in [0.05, 0.1) is 5.41 Å². The van der Waals surface area contributed by atoms with Crippen molar-refractivity contribution >= 4 is 5.91 Å². The van der Waals surface area contributed by atoms with Crippen LogP contribution in [0.5, 0.6) is 0 Å². The zero-order chi connectivity index (χ0) is 14.4. The summed E-state index contributed by atoms with van der Waals surface area (Å²) in [4.78, 5) is 15.8. The Labute approximate surface area is 128 Å². The molecule has 0 aromatic carbocycles. The highest BCUT2D eigenvalue weighted by Crippen LogP contribution is 2.60. The largest absolute Gasteiger partial charge is 0.338 e. The number of amides is 1. The van der Waals surface area contributed by atoms with E-state index >= 15 is 0 Å². The molecule has 1 saturated heterocycles. The zero-order valence-corrected chi connectivity index (χ0v) is 13.4. The van der Waals surface area contributed by atoms with Gasteiger partial charge in [-0.2, -0.15) is 0 Å². The second-order valence-electron chi connectivity index (χ2n) is 8.34. The van der Waals surface area contributed by atoms with E-state index in [4.69, 9.17) is 0 Å². The maximum absolute atomic E-state index is 13.5. The number of nitrogens with one attached hydrogen (secondary N) is 1. The average molecular weight is 290 g/mol. The molecule has 1 aliphatic heterocycles. The second kappa shape index (κ2) is 5.26. The Bertz CT molecular complexity index is 378. The molecule has 21 heavy (non-hydrogen) atoms. The summed E-state index contributed by atoms with van der Waals surface area (Å²) in [5, 5.41) is 3.45. The third kappa shape index (κ3) is 2.32. The van der Waals surface area contributed by atoms with Crippen LogP contribution in [0.3, 0.4) is 0 Å². The summed E-state index contributed by atoms with van der Waals surface area (Å²) in [5.41, 5.74) is 0.0481. The van der Waals surface area contributed by atoms with Crippen LogP contribution < -0.4 is 5.32 Å². The van der Waals surface area contributed by atoms with Gasteiger partial charge in [0.1, 0.15) is 0 Å². The number of hydrogen-bond donors (Lipinski definition) is 1. The van der Waals surface area contributed by atoms with Crippen LogP contribution in [0.2, 0.25) is 0 Å².